The number of rotatable bonds is 5. The van der Waals surface area contributed by atoms with Crippen LogP contribution in [0.15, 0.2) is 23.1 Å². The highest BCUT2D eigenvalue weighted by molar-refractivity contribution is 7.90. The van der Waals surface area contributed by atoms with Crippen molar-refractivity contribution in [2.75, 3.05) is 25.9 Å². The van der Waals surface area contributed by atoms with Crippen LogP contribution in [-0.2, 0) is 9.84 Å². The Morgan fingerprint density at radius 2 is 2.00 bits per heavy atom. The van der Waals surface area contributed by atoms with Gasteiger partial charge in [0, 0.05) is 31.0 Å². The number of carbonyl (C=O) groups is 1. The summed E-state index contributed by atoms with van der Waals surface area (Å²) in [4.78, 5) is 14.7. The Hall–Kier alpha value is -1.11. The van der Waals surface area contributed by atoms with Crippen LogP contribution in [0, 0.1) is 0 Å². The fraction of sp³-hybridized carbons (Fsp3) is 0.562. The first-order valence-electron chi connectivity index (χ1n) is 7.84. The zero-order valence-electron chi connectivity index (χ0n) is 13.5. The maximum absolute atomic E-state index is 12.3. The number of amides is 1. The van der Waals surface area contributed by atoms with Crippen LogP contribution in [0.5, 0.6) is 0 Å². The molecule has 0 radical (unpaired) electrons. The Kier molecular flexibility index (Phi) is 6.06. The Morgan fingerprint density at radius 1 is 1.35 bits per heavy atom. The molecule has 128 valence electrons. The van der Waals surface area contributed by atoms with Crippen molar-refractivity contribution in [3.63, 3.8) is 0 Å². The van der Waals surface area contributed by atoms with E-state index in [4.69, 9.17) is 11.6 Å². The zero-order chi connectivity index (χ0) is 17.0. The van der Waals surface area contributed by atoms with E-state index in [1.807, 2.05) is 0 Å². The summed E-state index contributed by atoms with van der Waals surface area (Å²) in [7, 11) is -3.45. The number of sulfone groups is 1. The van der Waals surface area contributed by atoms with Crippen molar-refractivity contribution in [3.05, 3.63) is 28.8 Å². The summed E-state index contributed by atoms with van der Waals surface area (Å²) in [6.07, 6.45) is 4.05. The maximum atomic E-state index is 12.3. The van der Waals surface area contributed by atoms with Crippen molar-refractivity contribution in [1.82, 2.24) is 10.2 Å². The molecule has 0 aromatic heterocycles. The lowest BCUT2D eigenvalue weighted by Gasteiger charge is -2.32. The lowest BCUT2D eigenvalue weighted by Crippen LogP contribution is -2.44. The van der Waals surface area contributed by atoms with Crippen LogP contribution < -0.4 is 5.32 Å². The van der Waals surface area contributed by atoms with Crippen molar-refractivity contribution in [3.8, 4) is 0 Å². The number of nitrogens with zero attached hydrogens (tertiary/aromatic N) is 1. The molecule has 1 aromatic rings. The summed E-state index contributed by atoms with van der Waals surface area (Å²) in [6, 6.07) is 4.49. The average molecular weight is 359 g/mol. The van der Waals surface area contributed by atoms with Gasteiger partial charge in [0.05, 0.1) is 9.92 Å². The van der Waals surface area contributed by atoms with Crippen molar-refractivity contribution >= 4 is 27.3 Å². The van der Waals surface area contributed by atoms with Gasteiger partial charge in [0.25, 0.3) is 5.91 Å². The first kappa shape index (κ1) is 18.2. The molecule has 0 atom stereocenters. The van der Waals surface area contributed by atoms with Crippen LogP contribution in [0.2, 0.25) is 5.02 Å². The molecule has 1 amide bonds. The average Bonchev–Trinajstić information content (AvgIpc) is 2.48. The van der Waals surface area contributed by atoms with Crippen LogP contribution in [0.1, 0.15) is 36.5 Å². The molecular formula is C16H23ClN2O3S. The summed E-state index contributed by atoms with van der Waals surface area (Å²) in [5.41, 5.74) is 0.325. The molecule has 0 aliphatic carbocycles. The minimum atomic E-state index is -3.45. The Morgan fingerprint density at radius 3 is 2.57 bits per heavy atom. The number of benzene rings is 1. The fourth-order valence-electron chi connectivity index (χ4n) is 2.81. The van der Waals surface area contributed by atoms with Crippen molar-refractivity contribution in [2.45, 2.75) is 37.1 Å². The van der Waals surface area contributed by atoms with Crippen LogP contribution in [-0.4, -0.2) is 51.2 Å². The summed E-state index contributed by atoms with van der Waals surface area (Å²) < 4.78 is 23.4. The lowest BCUT2D eigenvalue weighted by atomic mass is 10.0. The molecule has 23 heavy (non-hydrogen) atoms. The van der Waals surface area contributed by atoms with Gasteiger partial charge in [-0.15, -0.1) is 0 Å². The number of nitrogens with one attached hydrogen (secondary N) is 1. The van der Waals surface area contributed by atoms with Gasteiger partial charge in [-0.3, -0.25) is 4.79 Å². The molecule has 0 unspecified atom stereocenters. The summed E-state index contributed by atoms with van der Waals surface area (Å²) >= 11 is 5.91. The third-order valence-corrected chi connectivity index (χ3v) is 5.63. The van der Waals surface area contributed by atoms with E-state index in [1.165, 1.54) is 12.1 Å². The highest BCUT2D eigenvalue weighted by atomic mass is 35.5. The third kappa shape index (κ3) is 4.93. The number of likely N-dealkylation sites (tertiary alicyclic amines) is 1. The second kappa shape index (κ2) is 7.64. The SMILES string of the molecule is CCCN1CCC(NC(=O)c2ccc(Cl)c(S(C)(=O)=O)c2)CC1. The fourth-order valence-corrected chi connectivity index (χ4v) is 4.12. The maximum Gasteiger partial charge on any atom is 0.251 e. The summed E-state index contributed by atoms with van der Waals surface area (Å²) in [6.45, 7) is 5.21. The predicted octanol–water partition coefficient (Wildman–Crippen LogP) is 2.35. The van der Waals surface area contributed by atoms with Gasteiger partial charge in [-0.2, -0.15) is 0 Å². The van der Waals surface area contributed by atoms with Crippen molar-refractivity contribution in [1.29, 1.82) is 0 Å². The van der Waals surface area contributed by atoms with E-state index < -0.39 is 9.84 Å². The van der Waals surface area contributed by atoms with Gasteiger partial charge in [-0.05, 0) is 44.0 Å². The molecule has 0 spiro atoms. The largest absolute Gasteiger partial charge is 0.349 e. The predicted molar refractivity (Wildman–Crippen MR) is 91.8 cm³/mol. The number of halogens is 1. The van der Waals surface area contributed by atoms with Crippen LogP contribution in [0.4, 0.5) is 0 Å². The molecule has 1 aliphatic heterocycles. The van der Waals surface area contributed by atoms with Crippen molar-refractivity contribution < 1.29 is 13.2 Å². The molecule has 1 saturated heterocycles. The minimum absolute atomic E-state index is 0.00965. The van der Waals surface area contributed by atoms with Gasteiger partial charge in [0.15, 0.2) is 9.84 Å². The van der Waals surface area contributed by atoms with Gasteiger partial charge in [-0.25, -0.2) is 8.42 Å². The highest BCUT2D eigenvalue weighted by Crippen LogP contribution is 2.23. The van der Waals surface area contributed by atoms with Gasteiger partial charge in [0.1, 0.15) is 0 Å². The molecule has 1 aliphatic rings. The molecule has 1 aromatic carbocycles. The van der Waals surface area contributed by atoms with Gasteiger partial charge < -0.3 is 10.2 Å². The molecule has 2 rings (SSSR count). The van der Waals surface area contributed by atoms with E-state index in [-0.39, 0.29) is 21.9 Å². The molecular weight excluding hydrogens is 336 g/mol. The molecule has 0 bridgehead atoms. The van der Waals surface area contributed by atoms with E-state index >= 15 is 0 Å². The zero-order valence-corrected chi connectivity index (χ0v) is 15.1. The van der Waals surface area contributed by atoms with E-state index in [1.54, 1.807) is 6.07 Å². The molecule has 0 saturated carbocycles. The monoisotopic (exact) mass is 358 g/mol. The number of hydrogen-bond acceptors (Lipinski definition) is 4. The number of hydrogen-bond donors (Lipinski definition) is 1. The van der Waals surface area contributed by atoms with E-state index in [0.717, 1.165) is 45.2 Å². The van der Waals surface area contributed by atoms with Gasteiger partial charge in [0.2, 0.25) is 0 Å². The van der Waals surface area contributed by atoms with Gasteiger partial charge >= 0.3 is 0 Å². The van der Waals surface area contributed by atoms with Crippen LogP contribution >= 0.6 is 11.6 Å². The molecule has 7 heteroatoms. The second-order valence-electron chi connectivity index (χ2n) is 6.01. The van der Waals surface area contributed by atoms with Crippen LogP contribution in [0.3, 0.4) is 0 Å². The summed E-state index contributed by atoms with van der Waals surface area (Å²) in [5.74, 6) is -0.250. The molecule has 5 nitrogen and oxygen atoms in total. The Labute approximate surface area is 142 Å². The molecule has 1 fully saturated rings. The quantitative estimate of drug-likeness (QED) is 0.877. The van der Waals surface area contributed by atoms with E-state index in [0.29, 0.717) is 5.56 Å². The van der Waals surface area contributed by atoms with E-state index in [9.17, 15) is 13.2 Å². The summed E-state index contributed by atoms with van der Waals surface area (Å²) in [5, 5.41) is 3.13. The molecule has 1 N–H and O–H groups in total. The second-order valence-corrected chi connectivity index (χ2v) is 8.40. The first-order valence-corrected chi connectivity index (χ1v) is 10.1. The van der Waals surface area contributed by atoms with Crippen LogP contribution in [0.25, 0.3) is 0 Å². The normalized spacial score (nSPS) is 17.2. The first-order chi connectivity index (χ1) is 10.8. The number of piperidine rings is 1. The lowest BCUT2D eigenvalue weighted by molar-refractivity contribution is 0.0911. The van der Waals surface area contributed by atoms with Gasteiger partial charge in [-0.1, -0.05) is 18.5 Å². The van der Waals surface area contributed by atoms with E-state index in [2.05, 4.69) is 17.1 Å². The smallest absolute Gasteiger partial charge is 0.251 e. The highest BCUT2D eigenvalue weighted by Gasteiger charge is 2.22. The Bertz CT molecular complexity index is 668. The molecule has 1 heterocycles. The number of carbonyl (C=O) groups excluding carboxylic acids is 1. The Balaban J connectivity index is 2.02. The standard InChI is InChI=1S/C16H23ClN2O3S/c1-3-8-19-9-6-13(7-10-19)18-16(20)12-4-5-14(17)15(11-12)23(2,21)22/h4-5,11,13H,3,6-10H2,1-2H3,(H,18,20). The van der Waals surface area contributed by atoms with Crippen molar-refractivity contribution in [2.24, 2.45) is 0 Å². The third-order valence-electron chi connectivity index (χ3n) is 4.06. The topological polar surface area (TPSA) is 66.5 Å². The minimum Gasteiger partial charge on any atom is -0.349 e.